The highest BCUT2D eigenvalue weighted by atomic mass is 32.2. The minimum Gasteiger partial charge on any atom is -0.497 e. The lowest BCUT2D eigenvalue weighted by molar-refractivity contribution is -0.128. The number of ether oxygens (including phenoxy) is 1. The van der Waals surface area contributed by atoms with Gasteiger partial charge in [-0.2, -0.15) is 17.0 Å². The van der Waals surface area contributed by atoms with E-state index >= 15 is 0 Å². The van der Waals surface area contributed by atoms with Crippen molar-refractivity contribution in [1.29, 1.82) is 5.26 Å². The topological polar surface area (TPSA) is 82.4 Å². The fourth-order valence-electron chi connectivity index (χ4n) is 2.31. The summed E-state index contributed by atoms with van der Waals surface area (Å²) in [7, 11) is 2.93. The van der Waals surface area contributed by atoms with E-state index in [0.717, 1.165) is 10.5 Å². The van der Waals surface area contributed by atoms with Gasteiger partial charge in [0.15, 0.2) is 6.19 Å². The summed E-state index contributed by atoms with van der Waals surface area (Å²) in [5.74, 6) is 0.894. The van der Waals surface area contributed by atoms with Gasteiger partial charge in [0.1, 0.15) is 11.8 Å². The maximum Gasteiger partial charge on any atom is 0.258 e. The van der Waals surface area contributed by atoms with Crippen LogP contribution in [0.3, 0.4) is 0 Å². The van der Waals surface area contributed by atoms with Crippen LogP contribution in [0.5, 0.6) is 5.75 Å². The Labute approximate surface area is 163 Å². The summed E-state index contributed by atoms with van der Waals surface area (Å²) in [6, 6.07) is 15.7. The molecule has 0 aliphatic heterocycles. The number of amides is 2. The minimum absolute atomic E-state index is 0.363. The van der Waals surface area contributed by atoms with E-state index in [4.69, 9.17) is 10.00 Å². The number of likely N-dealkylation sites (N-methyl/N-ethyl adjacent to an activating group) is 1. The smallest absolute Gasteiger partial charge is 0.258 e. The normalized spacial score (nSPS) is 11.1. The molecule has 0 unspecified atom stereocenters. The number of hydrogen-bond acceptors (Lipinski definition) is 5. The molecule has 0 aliphatic rings. The molecule has 6 nitrogen and oxygen atoms in total. The number of carbonyl (C=O) groups is 2. The molecule has 2 amide bonds. The van der Waals surface area contributed by atoms with Crippen LogP contribution in [0.2, 0.25) is 0 Å². The van der Waals surface area contributed by atoms with E-state index < -0.39 is 11.9 Å². The molecule has 0 heterocycles. The molecule has 2 aromatic carbocycles. The van der Waals surface area contributed by atoms with E-state index in [2.05, 4.69) is 5.32 Å². The highest BCUT2D eigenvalue weighted by Crippen LogP contribution is 2.15. The first-order valence-electron chi connectivity index (χ1n) is 8.29. The third-order valence-corrected chi connectivity index (χ3v) is 4.94. The largest absolute Gasteiger partial charge is 0.497 e. The Hall–Kier alpha value is -2.98. The Kier molecular flexibility index (Phi) is 7.71. The number of nitrogens with one attached hydrogen (secondary N) is 1. The SMILES string of the molecule is COc1ccc(C(=O)N[C@@H](CSCc2ccccc2)C(=O)N(C)C#N)cc1. The van der Waals surface area contributed by atoms with Gasteiger partial charge in [-0.25, -0.2) is 0 Å². The maximum absolute atomic E-state index is 12.5. The van der Waals surface area contributed by atoms with Crippen molar-refractivity contribution in [1.82, 2.24) is 10.2 Å². The van der Waals surface area contributed by atoms with E-state index in [9.17, 15) is 9.59 Å². The molecule has 27 heavy (non-hydrogen) atoms. The van der Waals surface area contributed by atoms with Gasteiger partial charge < -0.3 is 10.1 Å². The molecule has 2 aromatic rings. The number of methoxy groups -OCH3 is 1. The van der Waals surface area contributed by atoms with Crippen LogP contribution in [-0.2, 0) is 10.5 Å². The molecule has 0 fully saturated rings. The minimum atomic E-state index is -0.794. The Morgan fingerprint density at radius 1 is 1.19 bits per heavy atom. The number of benzene rings is 2. The second-order valence-electron chi connectivity index (χ2n) is 5.75. The zero-order chi connectivity index (χ0) is 19.6. The summed E-state index contributed by atoms with van der Waals surface area (Å²) < 4.78 is 5.08. The summed E-state index contributed by atoms with van der Waals surface area (Å²) >= 11 is 1.52. The summed E-state index contributed by atoms with van der Waals surface area (Å²) in [6.45, 7) is 0. The van der Waals surface area contributed by atoms with Gasteiger partial charge in [-0.3, -0.25) is 14.5 Å². The molecule has 0 aliphatic carbocycles. The van der Waals surface area contributed by atoms with Crippen molar-refractivity contribution in [3.05, 3.63) is 65.7 Å². The molecule has 0 aromatic heterocycles. The Morgan fingerprint density at radius 3 is 2.44 bits per heavy atom. The second kappa shape index (κ2) is 10.2. The number of carbonyl (C=O) groups excluding carboxylic acids is 2. The Bertz CT molecular complexity index is 803. The molecule has 0 radical (unpaired) electrons. The predicted molar refractivity (Wildman–Crippen MR) is 105 cm³/mol. The highest BCUT2D eigenvalue weighted by molar-refractivity contribution is 7.98. The zero-order valence-electron chi connectivity index (χ0n) is 15.2. The molecule has 2 rings (SSSR count). The van der Waals surface area contributed by atoms with E-state index in [0.29, 0.717) is 22.8 Å². The lowest BCUT2D eigenvalue weighted by atomic mass is 10.2. The first kappa shape index (κ1) is 20.3. The summed E-state index contributed by atoms with van der Waals surface area (Å²) in [4.78, 5) is 25.9. The van der Waals surface area contributed by atoms with Crippen molar-refractivity contribution < 1.29 is 14.3 Å². The zero-order valence-corrected chi connectivity index (χ0v) is 16.0. The first-order valence-corrected chi connectivity index (χ1v) is 9.44. The number of thioether (sulfide) groups is 1. The van der Waals surface area contributed by atoms with Crippen molar-refractivity contribution >= 4 is 23.6 Å². The average molecular weight is 383 g/mol. The number of nitrogens with zero attached hydrogens (tertiary/aromatic N) is 2. The van der Waals surface area contributed by atoms with Crippen LogP contribution < -0.4 is 10.1 Å². The lowest BCUT2D eigenvalue weighted by Gasteiger charge is -2.20. The van der Waals surface area contributed by atoms with E-state index in [1.165, 1.54) is 18.8 Å². The standard InChI is InChI=1S/C20H21N3O3S/c1-23(14-21)20(25)18(13-27-12-15-6-4-3-5-7-15)22-19(24)16-8-10-17(26-2)11-9-16/h3-11,18H,12-13H2,1-2H3,(H,22,24)/t18-/m0/s1. The van der Waals surface area contributed by atoms with Gasteiger partial charge in [-0.1, -0.05) is 30.3 Å². The summed E-state index contributed by atoms with van der Waals surface area (Å²) in [6.07, 6.45) is 1.79. The van der Waals surface area contributed by atoms with Gasteiger partial charge in [0.05, 0.1) is 7.11 Å². The second-order valence-corrected chi connectivity index (χ2v) is 6.78. The third-order valence-electron chi connectivity index (χ3n) is 3.83. The van der Waals surface area contributed by atoms with Gasteiger partial charge in [-0.15, -0.1) is 0 Å². The molecule has 0 saturated carbocycles. The van der Waals surface area contributed by atoms with E-state index in [1.807, 2.05) is 30.3 Å². The van der Waals surface area contributed by atoms with Crippen LogP contribution in [0.15, 0.2) is 54.6 Å². The molecule has 0 spiro atoms. The van der Waals surface area contributed by atoms with Crippen molar-refractivity contribution in [3.8, 4) is 11.9 Å². The molecule has 140 valence electrons. The maximum atomic E-state index is 12.5. The van der Waals surface area contributed by atoms with Crippen molar-refractivity contribution in [2.45, 2.75) is 11.8 Å². The van der Waals surface area contributed by atoms with Crippen LogP contribution in [0.25, 0.3) is 0 Å². The fraction of sp³-hybridized carbons (Fsp3) is 0.250. The van der Waals surface area contributed by atoms with Gasteiger partial charge in [0.2, 0.25) is 0 Å². The Balaban J connectivity index is 2.03. The van der Waals surface area contributed by atoms with Gasteiger partial charge in [-0.05, 0) is 29.8 Å². The van der Waals surface area contributed by atoms with E-state index in [-0.39, 0.29) is 5.91 Å². The molecule has 0 bridgehead atoms. The molecular weight excluding hydrogens is 362 g/mol. The monoisotopic (exact) mass is 383 g/mol. The van der Waals surface area contributed by atoms with Crippen LogP contribution in [0.1, 0.15) is 15.9 Å². The number of rotatable bonds is 8. The van der Waals surface area contributed by atoms with Gasteiger partial charge in [0.25, 0.3) is 11.8 Å². The third kappa shape index (κ3) is 6.04. The Morgan fingerprint density at radius 2 is 1.85 bits per heavy atom. The van der Waals surface area contributed by atoms with E-state index in [1.54, 1.807) is 37.6 Å². The summed E-state index contributed by atoms with van der Waals surface area (Å²) in [5.41, 5.74) is 1.55. The molecular formula is C20H21N3O3S. The quantitative estimate of drug-likeness (QED) is 0.560. The van der Waals surface area contributed by atoms with Crippen molar-refractivity contribution in [2.75, 3.05) is 19.9 Å². The predicted octanol–water partition coefficient (Wildman–Crippen LogP) is 2.67. The molecule has 1 N–H and O–H groups in total. The molecule has 7 heteroatoms. The van der Waals surface area contributed by atoms with Crippen molar-refractivity contribution in [3.63, 3.8) is 0 Å². The van der Waals surface area contributed by atoms with Crippen LogP contribution >= 0.6 is 11.8 Å². The molecule has 1 atom stereocenters. The van der Waals surface area contributed by atoms with Crippen LogP contribution in [0.4, 0.5) is 0 Å². The van der Waals surface area contributed by atoms with Crippen LogP contribution in [0, 0.1) is 11.5 Å². The van der Waals surface area contributed by atoms with Crippen LogP contribution in [-0.4, -0.2) is 42.7 Å². The number of nitriles is 1. The highest BCUT2D eigenvalue weighted by Gasteiger charge is 2.24. The number of hydrogen-bond donors (Lipinski definition) is 1. The lowest BCUT2D eigenvalue weighted by Crippen LogP contribution is -2.47. The first-order chi connectivity index (χ1) is 13.0. The van der Waals surface area contributed by atoms with Crippen molar-refractivity contribution in [2.24, 2.45) is 0 Å². The average Bonchev–Trinajstić information content (AvgIpc) is 2.72. The fourth-order valence-corrected chi connectivity index (χ4v) is 3.32. The van der Waals surface area contributed by atoms with Gasteiger partial charge in [0, 0.05) is 24.1 Å². The summed E-state index contributed by atoms with van der Waals surface area (Å²) in [5, 5.41) is 11.7. The molecule has 0 saturated heterocycles. The van der Waals surface area contributed by atoms with Gasteiger partial charge >= 0.3 is 0 Å².